The Morgan fingerprint density at radius 3 is 2.94 bits per heavy atom. The third-order valence-electron chi connectivity index (χ3n) is 3.46. The molecule has 0 radical (unpaired) electrons. The molecular formula is C12H17Br2NO2. The molecule has 3 unspecified atom stereocenters. The Hall–Kier alpha value is 0.160. The summed E-state index contributed by atoms with van der Waals surface area (Å²) in [5, 5.41) is 13.7. The summed E-state index contributed by atoms with van der Waals surface area (Å²) in [7, 11) is 0. The summed E-state index contributed by atoms with van der Waals surface area (Å²) < 4.78 is 6.95. The van der Waals surface area contributed by atoms with Crippen LogP contribution in [0.3, 0.4) is 0 Å². The van der Waals surface area contributed by atoms with E-state index in [4.69, 9.17) is 4.42 Å². The standard InChI is InChI=1S/C12H17Br2NO2/c1-2-7-3-4-15-9(5-7)11(16)10-6-8(13)12(14)17-10/h6-7,9,11,15-16H,2-5H2,1H3. The van der Waals surface area contributed by atoms with E-state index in [1.54, 1.807) is 0 Å². The fourth-order valence-electron chi connectivity index (χ4n) is 2.35. The van der Waals surface area contributed by atoms with Crippen LogP contribution in [0.2, 0.25) is 0 Å². The zero-order valence-corrected chi connectivity index (χ0v) is 12.9. The molecule has 0 bridgehead atoms. The largest absolute Gasteiger partial charge is 0.450 e. The second-order valence-electron chi connectivity index (χ2n) is 4.57. The van der Waals surface area contributed by atoms with Crippen LogP contribution in [0, 0.1) is 5.92 Å². The molecule has 96 valence electrons. The van der Waals surface area contributed by atoms with Crippen LogP contribution in [-0.4, -0.2) is 17.7 Å². The maximum atomic E-state index is 10.3. The molecule has 2 N–H and O–H groups in total. The van der Waals surface area contributed by atoms with E-state index in [-0.39, 0.29) is 6.04 Å². The Kier molecular flexibility index (Phi) is 4.69. The van der Waals surface area contributed by atoms with Gasteiger partial charge in [-0.25, -0.2) is 0 Å². The molecular weight excluding hydrogens is 350 g/mol. The summed E-state index contributed by atoms with van der Waals surface area (Å²) in [5.74, 6) is 1.32. The highest BCUT2D eigenvalue weighted by Crippen LogP contribution is 2.33. The van der Waals surface area contributed by atoms with Crippen molar-refractivity contribution >= 4 is 31.9 Å². The summed E-state index contributed by atoms with van der Waals surface area (Å²) in [6.07, 6.45) is 2.81. The summed E-state index contributed by atoms with van der Waals surface area (Å²) >= 11 is 6.65. The zero-order valence-electron chi connectivity index (χ0n) is 9.75. The lowest BCUT2D eigenvalue weighted by atomic mass is 9.87. The molecule has 1 aromatic rings. The van der Waals surface area contributed by atoms with Crippen LogP contribution in [0.25, 0.3) is 0 Å². The molecule has 5 heteroatoms. The van der Waals surface area contributed by atoms with Crippen LogP contribution >= 0.6 is 31.9 Å². The van der Waals surface area contributed by atoms with Crippen molar-refractivity contribution in [1.82, 2.24) is 5.32 Å². The number of halogens is 2. The Labute approximate surface area is 118 Å². The fourth-order valence-corrected chi connectivity index (χ4v) is 2.96. The summed E-state index contributed by atoms with van der Waals surface area (Å²) in [6.45, 7) is 3.18. The van der Waals surface area contributed by atoms with Crippen LogP contribution < -0.4 is 5.32 Å². The van der Waals surface area contributed by atoms with Gasteiger partial charge in [0.1, 0.15) is 11.9 Å². The lowest BCUT2D eigenvalue weighted by Gasteiger charge is -2.32. The lowest BCUT2D eigenvalue weighted by Crippen LogP contribution is -2.41. The maximum absolute atomic E-state index is 10.3. The van der Waals surface area contributed by atoms with Crippen molar-refractivity contribution in [3.63, 3.8) is 0 Å². The van der Waals surface area contributed by atoms with Crippen LogP contribution in [0.1, 0.15) is 38.1 Å². The Balaban J connectivity index is 2.06. The van der Waals surface area contributed by atoms with Crippen LogP contribution in [0.15, 0.2) is 19.6 Å². The molecule has 1 aromatic heterocycles. The SMILES string of the molecule is CCC1CCNC(C(O)c2cc(Br)c(Br)o2)C1. The predicted octanol–water partition coefficient (Wildman–Crippen LogP) is 3.62. The highest BCUT2D eigenvalue weighted by atomic mass is 79.9. The van der Waals surface area contributed by atoms with Gasteiger partial charge in [0.2, 0.25) is 0 Å². The Morgan fingerprint density at radius 1 is 1.59 bits per heavy atom. The van der Waals surface area contributed by atoms with E-state index >= 15 is 0 Å². The highest BCUT2D eigenvalue weighted by Gasteiger charge is 2.29. The number of nitrogens with one attached hydrogen (secondary N) is 1. The fraction of sp³-hybridized carbons (Fsp3) is 0.667. The minimum absolute atomic E-state index is 0.0960. The van der Waals surface area contributed by atoms with Crippen molar-refractivity contribution < 1.29 is 9.52 Å². The average molecular weight is 367 g/mol. The van der Waals surface area contributed by atoms with E-state index in [0.29, 0.717) is 16.3 Å². The van der Waals surface area contributed by atoms with E-state index in [2.05, 4.69) is 44.1 Å². The van der Waals surface area contributed by atoms with Gasteiger partial charge in [-0.05, 0) is 63.2 Å². The molecule has 2 rings (SSSR count). The molecule has 1 aliphatic heterocycles. The van der Waals surface area contributed by atoms with Gasteiger partial charge >= 0.3 is 0 Å². The minimum atomic E-state index is -0.577. The normalized spacial score (nSPS) is 27.1. The first-order chi connectivity index (χ1) is 8.11. The van der Waals surface area contributed by atoms with Crippen LogP contribution in [0.4, 0.5) is 0 Å². The van der Waals surface area contributed by atoms with Crippen molar-refractivity contribution in [2.24, 2.45) is 5.92 Å². The van der Waals surface area contributed by atoms with Crippen molar-refractivity contribution in [2.45, 2.75) is 38.3 Å². The first-order valence-corrected chi connectivity index (χ1v) is 7.56. The van der Waals surface area contributed by atoms with Gasteiger partial charge in [-0.3, -0.25) is 0 Å². The van der Waals surface area contributed by atoms with Crippen LogP contribution in [0.5, 0.6) is 0 Å². The first-order valence-electron chi connectivity index (χ1n) is 5.98. The molecule has 3 atom stereocenters. The van der Waals surface area contributed by atoms with Crippen molar-refractivity contribution in [1.29, 1.82) is 0 Å². The quantitative estimate of drug-likeness (QED) is 0.858. The molecule has 0 saturated carbocycles. The van der Waals surface area contributed by atoms with Crippen molar-refractivity contribution in [3.05, 3.63) is 21.0 Å². The second kappa shape index (κ2) is 5.87. The van der Waals surface area contributed by atoms with E-state index in [9.17, 15) is 5.11 Å². The number of rotatable bonds is 3. The average Bonchev–Trinajstić information content (AvgIpc) is 2.69. The Bertz CT molecular complexity index is 361. The number of hydrogen-bond donors (Lipinski definition) is 2. The highest BCUT2D eigenvalue weighted by molar-refractivity contribution is 9.13. The van der Waals surface area contributed by atoms with Gasteiger partial charge in [-0.1, -0.05) is 13.3 Å². The zero-order chi connectivity index (χ0) is 12.4. The van der Waals surface area contributed by atoms with Gasteiger partial charge in [0.15, 0.2) is 4.67 Å². The van der Waals surface area contributed by atoms with Crippen molar-refractivity contribution in [3.8, 4) is 0 Å². The molecule has 2 heterocycles. The lowest BCUT2D eigenvalue weighted by molar-refractivity contribution is 0.0783. The smallest absolute Gasteiger partial charge is 0.183 e. The number of aliphatic hydroxyl groups excluding tert-OH is 1. The molecule has 1 aliphatic rings. The van der Waals surface area contributed by atoms with Gasteiger partial charge in [-0.2, -0.15) is 0 Å². The Morgan fingerprint density at radius 2 is 2.35 bits per heavy atom. The second-order valence-corrected chi connectivity index (χ2v) is 6.15. The summed E-state index contributed by atoms with van der Waals surface area (Å²) in [5.41, 5.74) is 0. The van der Waals surface area contributed by atoms with Crippen molar-refractivity contribution in [2.75, 3.05) is 6.54 Å². The maximum Gasteiger partial charge on any atom is 0.183 e. The van der Waals surface area contributed by atoms with E-state index in [1.807, 2.05) is 6.07 Å². The monoisotopic (exact) mass is 365 g/mol. The number of hydrogen-bond acceptors (Lipinski definition) is 3. The number of piperidine rings is 1. The minimum Gasteiger partial charge on any atom is -0.450 e. The third kappa shape index (κ3) is 3.13. The molecule has 1 saturated heterocycles. The van der Waals surface area contributed by atoms with Gasteiger partial charge in [0.25, 0.3) is 0 Å². The summed E-state index contributed by atoms with van der Waals surface area (Å²) in [4.78, 5) is 0. The first kappa shape index (κ1) is 13.6. The van der Waals surface area contributed by atoms with E-state index in [0.717, 1.165) is 17.4 Å². The van der Waals surface area contributed by atoms with E-state index in [1.165, 1.54) is 12.8 Å². The van der Waals surface area contributed by atoms with Gasteiger partial charge in [-0.15, -0.1) is 0 Å². The predicted molar refractivity (Wildman–Crippen MR) is 73.9 cm³/mol. The van der Waals surface area contributed by atoms with Gasteiger partial charge in [0.05, 0.1) is 4.47 Å². The topological polar surface area (TPSA) is 45.4 Å². The van der Waals surface area contributed by atoms with Gasteiger partial charge < -0.3 is 14.8 Å². The molecule has 0 amide bonds. The van der Waals surface area contributed by atoms with Crippen LogP contribution in [-0.2, 0) is 0 Å². The number of furan rings is 1. The molecule has 1 fully saturated rings. The molecule has 3 nitrogen and oxygen atoms in total. The third-order valence-corrected chi connectivity index (χ3v) is 5.17. The molecule has 17 heavy (non-hydrogen) atoms. The summed E-state index contributed by atoms with van der Waals surface area (Å²) in [6, 6.07) is 1.92. The molecule has 0 spiro atoms. The molecule has 0 aromatic carbocycles. The van der Waals surface area contributed by atoms with E-state index < -0.39 is 6.10 Å². The number of aliphatic hydroxyl groups is 1. The van der Waals surface area contributed by atoms with Gasteiger partial charge in [0, 0.05) is 6.04 Å². The molecule has 0 aliphatic carbocycles.